The lowest BCUT2D eigenvalue weighted by atomic mass is 9.83. The van der Waals surface area contributed by atoms with E-state index in [1.807, 2.05) is 0 Å². The summed E-state index contributed by atoms with van der Waals surface area (Å²) in [6.07, 6.45) is 2.47. The molecule has 0 aliphatic carbocycles. The number of hydrogen-bond acceptors (Lipinski definition) is 0. The van der Waals surface area contributed by atoms with Crippen molar-refractivity contribution in [3.05, 3.63) is 12.2 Å². The normalized spacial score (nSPS) is 14.6. The van der Waals surface area contributed by atoms with Gasteiger partial charge < -0.3 is 0 Å². The summed E-state index contributed by atoms with van der Waals surface area (Å²) in [5, 5.41) is 0. The summed E-state index contributed by atoms with van der Waals surface area (Å²) in [7, 11) is 0. The van der Waals surface area contributed by atoms with Crippen molar-refractivity contribution in [1.82, 2.24) is 0 Å². The Kier molecular flexibility index (Phi) is 3.85. The summed E-state index contributed by atoms with van der Waals surface area (Å²) in [6, 6.07) is 0. The second-order valence-corrected chi connectivity index (χ2v) is 5.03. The first-order chi connectivity index (χ1) is 4.81. The van der Waals surface area contributed by atoms with Crippen molar-refractivity contribution in [3.8, 4) is 0 Å². The van der Waals surface area contributed by atoms with Crippen molar-refractivity contribution in [3.63, 3.8) is 0 Å². The van der Waals surface area contributed by atoms with Gasteiger partial charge in [0, 0.05) is 0 Å². The molecule has 0 aliphatic heterocycles. The smallest absolute Gasteiger partial charge is 0.0300 e. The molecule has 0 aromatic heterocycles. The molecule has 11 heavy (non-hydrogen) atoms. The second-order valence-electron chi connectivity index (χ2n) is 5.03. The van der Waals surface area contributed by atoms with E-state index < -0.39 is 0 Å². The molecule has 0 heterocycles. The average Bonchev–Trinajstić information content (AvgIpc) is 1.53. The van der Waals surface area contributed by atoms with Crippen LogP contribution in [0.25, 0.3) is 0 Å². The fraction of sp³-hybridized carbons (Fsp3) is 0.818. The second kappa shape index (κ2) is 3.94. The van der Waals surface area contributed by atoms with Crippen LogP contribution in [0.1, 0.15) is 47.5 Å². The maximum Gasteiger partial charge on any atom is -0.0300 e. The zero-order valence-electron chi connectivity index (χ0n) is 8.70. The summed E-state index contributed by atoms with van der Waals surface area (Å²) in [5.74, 6) is 0.785. The predicted octanol–water partition coefficient (Wildman–Crippen LogP) is 4.02. The fourth-order valence-corrected chi connectivity index (χ4v) is 1.71. The molecule has 0 aliphatic rings. The Morgan fingerprint density at radius 3 is 2.09 bits per heavy atom. The van der Waals surface area contributed by atoms with Gasteiger partial charge in [-0.15, -0.1) is 6.58 Å². The van der Waals surface area contributed by atoms with E-state index in [0.29, 0.717) is 5.41 Å². The number of allylic oxidation sites excluding steroid dienone is 1. The maximum atomic E-state index is 3.93. The summed E-state index contributed by atoms with van der Waals surface area (Å²) < 4.78 is 0. The fourth-order valence-electron chi connectivity index (χ4n) is 1.71. The Bertz CT molecular complexity index is 125. The third-order valence-corrected chi connectivity index (χ3v) is 1.66. The van der Waals surface area contributed by atoms with E-state index >= 15 is 0 Å². The van der Waals surface area contributed by atoms with Gasteiger partial charge in [0.1, 0.15) is 0 Å². The van der Waals surface area contributed by atoms with Crippen LogP contribution < -0.4 is 0 Å². The van der Waals surface area contributed by atoms with Gasteiger partial charge >= 0.3 is 0 Å². The third kappa shape index (κ3) is 7.64. The van der Waals surface area contributed by atoms with E-state index in [1.165, 1.54) is 18.4 Å². The van der Waals surface area contributed by atoms with E-state index in [0.717, 1.165) is 5.92 Å². The number of hydrogen-bond donors (Lipinski definition) is 0. The van der Waals surface area contributed by atoms with Gasteiger partial charge in [0.25, 0.3) is 0 Å². The molecule has 0 saturated heterocycles. The Balaban J connectivity index is 3.69. The van der Waals surface area contributed by atoms with E-state index in [9.17, 15) is 0 Å². The minimum atomic E-state index is 0.467. The highest BCUT2D eigenvalue weighted by molar-refractivity contribution is 4.90. The molecule has 0 heteroatoms. The van der Waals surface area contributed by atoms with Gasteiger partial charge in [-0.1, -0.05) is 33.3 Å². The molecule has 0 aromatic carbocycles. The van der Waals surface area contributed by atoms with Gasteiger partial charge in [-0.3, -0.25) is 0 Å². The van der Waals surface area contributed by atoms with Crippen LogP contribution in [0.2, 0.25) is 0 Å². The molecule has 0 saturated carbocycles. The first-order valence-corrected chi connectivity index (χ1v) is 4.45. The van der Waals surface area contributed by atoms with Crippen molar-refractivity contribution in [2.75, 3.05) is 0 Å². The highest BCUT2D eigenvalue weighted by Gasteiger charge is 2.14. The lowest BCUT2D eigenvalue weighted by Gasteiger charge is -2.23. The summed E-state index contributed by atoms with van der Waals surface area (Å²) in [4.78, 5) is 0. The monoisotopic (exact) mass is 154 g/mol. The summed E-state index contributed by atoms with van der Waals surface area (Å²) in [5.41, 5.74) is 1.77. The quantitative estimate of drug-likeness (QED) is 0.538. The lowest BCUT2D eigenvalue weighted by Crippen LogP contribution is -2.10. The van der Waals surface area contributed by atoms with E-state index in [-0.39, 0.29) is 0 Å². The average molecular weight is 154 g/mol. The first kappa shape index (κ1) is 10.7. The minimum Gasteiger partial charge on any atom is -0.100 e. The SMILES string of the molecule is C=C(C)CC(C)CC(C)(C)C. The molecule has 1 unspecified atom stereocenters. The van der Waals surface area contributed by atoms with Crippen molar-refractivity contribution >= 4 is 0 Å². The molecule has 0 amide bonds. The minimum absolute atomic E-state index is 0.467. The topological polar surface area (TPSA) is 0 Å². The van der Waals surface area contributed by atoms with E-state index in [2.05, 4.69) is 41.2 Å². The molecule has 1 atom stereocenters. The molecular weight excluding hydrogens is 132 g/mol. The summed E-state index contributed by atoms with van der Waals surface area (Å²) in [6.45, 7) is 15.2. The zero-order chi connectivity index (χ0) is 9.07. The van der Waals surface area contributed by atoms with E-state index in [4.69, 9.17) is 0 Å². The van der Waals surface area contributed by atoms with Crippen LogP contribution in [0, 0.1) is 11.3 Å². The Morgan fingerprint density at radius 1 is 1.36 bits per heavy atom. The van der Waals surface area contributed by atoms with Gasteiger partial charge in [-0.2, -0.15) is 0 Å². The molecule has 0 fully saturated rings. The Labute approximate surface area is 71.7 Å². The highest BCUT2D eigenvalue weighted by atomic mass is 14.2. The molecule has 0 rings (SSSR count). The first-order valence-electron chi connectivity index (χ1n) is 4.45. The van der Waals surface area contributed by atoms with Crippen molar-refractivity contribution < 1.29 is 0 Å². The molecule has 0 nitrogen and oxygen atoms in total. The molecular formula is C11H22. The van der Waals surface area contributed by atoms with Crippen molar-refractivity contribution in [1.29, 1.82) is 0 Å². The molecule has 66 valence electrons. The number of rotatable bonds is 3. The Morgan fingerprint density at radius 2 is 1.82 bits per heavy atom. The van der Waals surface area contributed by atoms with Crippen LogP contribution in [-0.4, -0.2) is 0 Å². The van der Waals surface area contributed by atoms with Crippen LogP contribution in [-0.2, 0) is 0 Å². The molecule has 0 spiro atoms. The van der Waals surface area contributed by atoms with Crippen LogP contribution in [0.5, 0.6) is 0 Å². The predicted molar refractivity (Wildman–Crippen MR) is 52.7 cm³/mol. The van der Waals surface area contributed by atoms with Gasteiger partial charge in [0.05, 0.1) is 0 Å². The van der Waals surface area contributed by atoms with Gasteiger partial charge in [-0.05, 0) is 31.1 Å². The van der Waals surface area contributed by atoms with E-state index in [1.54, 1.807) is 0 Å². The van der Waals surface area contributed by atoms with Crippen LogP contribution in [0.3, 0.4) is 0 Å². The van der Waals surface area contributed by atoms with Crippen LogP contribution in [0.4, 0.5) is 0 Å². The lowest BCUT2D eigenvalue weighted by molar-refractivity contribution is 0.306. The van der Waals surface area contributed by atoms with Crippen LogP contribution >= 0.6 is 0 Å². The third-order valence-electron chi connectivity index (χ3n) is 1.66. The van der Waals surface area contributed by atoms with Gasteiger partial charge in [0.15, 0.2) is 0 Å². The zero-order valence-corrected chi connectivity index (χ0v) is 8.70. The summed E-state index contributed by atoms with van der Waals surface area (Å²) >= 11 is 0. The molecule has 0 bridgehead atoms. The van der Waals surface area contributed by atoms with Gasteiger partial charge in [-0.25, -0.2) is 0 Å². The Hall–Kier alpha value is -0.260. The molecule has 0 radical (unpaired) electrons. The maximum absolute atomic E-state index is 3.93. The van der Waals surface area contributed by atoms with Gasteiger partial charge in [0.2, 0.25) is 0 Å². The van der Waals surface area contributed by atoms with Crippen LogP contribution in [0.15, 0.2) is 12.2 Å². The molecule has 0 N–H and O–H groups in total. The highest BCUT2D eigenvalue weighted by Crippen LogP contribution is 2.27. The largest absolute Gasteiger partial charge is 0.100 e. The van der Waals surface area contributed by atoms with Crippen molar-refractivity contribution in [2.24, 2.45) is 11.3 Å². The molecule has 0 aromatic rings. The standard InChI is InChI=1S/C11H22/c1-9(2)7-10(3)8-11(4,5)6/h10H,1,7-8H2,2-6H3. The van der Waals surface area contributed by atoms with Crippen molar-refractivity contribution in [2.45, 2.75) is 47.5 Å².